The standard InChI is InChI=1S/C18H24BrF2NO3/c1-3-24-15-9-12(13(19)11-16(15)25-4-2)10-17(23)22-8-6-5-7-14(22)18(20)21/h9,11,14,18H,3-8,10H2,1-2H3/t14-/m1/s1. The average Bonchev–Trinajstić information content (AvgIpc) is 2.59. The molecular formula is C18H24BrF2NO3. The maximum atomic E-state index is 13.2. The quantitative estimate of drug-likeness (QED) is 0.655. The molecule has 1 aliphatic rings. The molecule has 25 heavy (non-hydrogen) atoms. The van der Waals surface area contributed by atoms with Gasteiger partial charge in [-0.3, -0.25) is 4.79 Å². The third-order valence-electron chi connectivity index (χ3n) is 4.21. The van der Waals surface area contributed by atoms with Gasteiger partial charge in [0.25, 0.3) is 6.43 Å². The molecule has 1 amide bonds. The van der Waals surface area contributed by atoms with Crippen LogP contribution in [0.15, 0.2) is 16.6 Å². The maximum Gasteiger partial charge on any atom is 0.258 e. The Balaban J connectivity index is 2.20. The number of ether oxygens (including phenoxy) is 2. The van der Waals surface area contributed by atoms with E-state index in [4.69, 9.17) is 9.47 Å². The van der Waals surface area contributed by atoms with E-state index < -0.39 is 12.5 Å². The van der Waals surface area contributed by atoms with Crippen molar-refractivity contribution < 1.29 is 23.0 Å². The minimum atomic E-state index is -2.51. The first-order valence-corrected chi connectivity index (χ1v) is 9.42. The van der Waals surface area contributed by atoms with Gasteiger partial charge in [0.05, 0.1) is 25.7 Å². The summed E-state index contributed by atoms with van der Waals surface area (Å²) in [5.74, 6) is 0.868. The number of hydrogen-bond acceptors (Lipinski definition) is 3. The van der Waals surface area contributed by atoms with Crippen molar-refractivity contribution in [1.82, 2.24) is 4.90 Å². The van der Waals surface area contributed by atoms with Crippen LogP contribution < -0.4 is 9.47 Å². The lowest BCUT2D eigenvalue weighted by Crippen LogP contribution is -2.48. The molecule has 140 valence electrons. The van der Waals surface area contributed by atoms with Gasteiger partial charge in [0.15, 0.2) is 11.5 Å². The summed E-state index contributed by atoms with van der Waals surface area (Å²) in [6.45, 7) is 5.09. The third kappa shape index (κ3) is 5.06. The molecule has 0 aliphatic carbocycles. The van der Waals surface area contributed by atoms with Gasteiger partial charge in [-0.2, -0.15) is 0 Å². The summed E-state index contributed by atoms with van der Waals surface area (Å²) < 4.78 is 38.3. The zero-order valence-electron chi connectivity index (χ0n) is 14.6. The van der Waals surface area contributed by atoms with E-state index in [9.17, 15) is 13.6 Å². The molecule has 0 saturated carbocycles. The van der Waals surface area contributed by atoms with E-state index in [1.807, 2.05) is 13.8 Å². The molecule has 1 atom stereocenters. The lowest BCUT2D eigenvalue weighted by Gasteiger charge is -2.35. The average molecular weight is 420 g/mol. The second-order valence-electron chi connectivity index (χ2n) is 5.92. The number of carbonyl (C=O) groups is 1. The molecule has 0 spiro atoms. The molecule has 0 N–H and O–H groups in total. The first-order chi connectivity index (χ1) is 12.0. The summed E-state index contributed by atoms with van der Waals surface area (Å²) in [4.78, 5) is 13.9. The van der Waals surface area contributed by atoms with Crippen LogP contribution in [0.2, 0.25) is 0 Å². The molecule has 2 rings (SSSR count). The lowest BCUT2D eigenvalue weighted by molar-refractivity contribution is -0.138. The van der Waals surface area contributed by atoms with Crippen molar-refractivity contribution in [3.8, 4) is 11.5 Å². The highest BCUT2D eigenvalue weighted by atomic mass is 79.9. The highest BCUT2D eigenvalue weighted by Gasteiger charge is 2.33. The summed E-state index contributed by atoms with van der Waals surface area (Å²) >= 11 is 3.44. The number of likely N-dealkylation sites (tertiary alicyclic amines) is 1. The second kappa shape index (κ2) is 9.36. The number of alkyl halides is 2. The number of carbonyl (C=O) groups excluding carboxylic acids is 1. The summed E-state index contributed by atoms with van der Waals surface area (Å²) in [7, 11) is 0. The molecule has 1 aliphatic heterocycles. The van der Waals surface area contributed by atoms with E-state index >= 15 is 0 Å². The number of halogens is 3. The molecule has 0 aromatic heterocycles. The Hall–Kier alpha value is -1.37. The number of amides is 1. The second-order valence-corrected chi connectivity index (χ2v) is 6.77. The van der Waals surface area contributed by atoms with Crippen LogP contribution in [-0.4, -0.2) is 43.0 Å². The Morgan fingerprint density at radius 1 is 1.24 bits per heavy atom. The first-order valence-electron chi connectivity index (χ1n) is 8.63. The van der Waals surface area contributed by atoms with Crippen molar-refractivity contribution in [2.45, 2.75) is 52.0 Å². The van der Waals surface area contributed by atoms with Crippen molar-refractivity contribution in [2.24, 2.45) is 0 Å². The summed E-state index contributed by atoms with van der Waals surface area (Å²) in [6, 6.07) is 2.53. The molecule has 1 saturated heterocycles. The molecule has 1 aromatic carbocycles. The number of piperidine rings is 1. The molecule has 4 nitrogen and oxygen atoms in total. The zero-order chi connectivity index (χ0) is 18.4. The van der Waals surface area contributed by atoms with E-state index in [0.717, 1.165) is 12.8 Å². The number of rotatable bonds is 7. The van der Waals surface area contributed by atoms with E-state index in [1.165, 1.54) is 4.90 Å². The number of hydrogen-bond donors (Lipinski definition) is 0. The van der Waals surface area contributed by atoms with Crippen LogP contribution in [0, 0.1) is 0 Å². The fourth-order valence-corrected chi connectivity index (χ4v) is 3.51. The van der Waals surface area contributed by atoms with Gasteiger partial charge in [0.2, 0.25) is 5.91 Å². The van der Waals surface area contributed by atoms with Crippen molar-refractivity contribution >= 4 is 21.8 Å². The van der Waals surface area contributed by atoms with Gasteiger partial charge in [-0.15, -0.1) is 0 Å². The van der Waals surface area contributed by atoms with E-state index in [1.54, 1.807) is 12.1 Å². The Morgan fingerprint density at radius 3 is 2.48 bits per heavy atom. The topological polar surface area (TPSA) is 38.8 Å². The van der Waals surface area contributed by atoms with Crippen LogP contribution in [0.5, 0.6) is 11.5 Å². The fourth-order valence-electron chi connectivity index (χ4n) is 3.04. The molecule has 1 aromatic rings. The van der Waals surface area contributed by atoms with Crippen LogP contribution in [0.3, 0.4) is 0 Å². The van der Waals surface area contributed by atoms with Gasteiger partial charge in [-0.1, -0.05) is 15.9 Å². The van der Waals surface area contributed by atoms with Crippen LogP contribution in [0.1, 0.15) is 38.7 Å². The molecular weight excluding hydrogens is 396 g/mol. The summed E-state index contributed by atoms with van der Waals surface area (Å²) in [6.07, 6.45) is -0.593. The number of benzene rings is 1. The van der Waals surface area contributed by atoms with Gasteiger partial charge < -0.3 is 14.4 Å². The molecule has 7 heteroatoms. The van der Waals surface area contributed by atoms with Gasteiger partial charge in [-0.25, -0.2) is 8.78 Å². The largest absolute Gasteiger partial charge is 0.490 e. The zero-order valence-corrected chi connectivity index (χ0v) is 16.2. The summed E-state index contributed by atoms with van der Waals surface area (Å²) in [5.41, 5.74) is 0.704. The van der Waals surface area contributed by atoms with Crippen LogP contribution in [0.25, 0.3) is 0 Å². The minimum Gasteiger partial charge on any atom is -0.490 e. The van der Waals surface area contributed by atoms with Crippen LogP contribution in [-0.2, 0) is 11.2 Å². The summed E-state index contributed by atoms with van der Waals surface area (Å²) in [5, 5.41) is 0. The fraction of sp³-hybridized carbons (Fsp3) is 0.611. The van der Waals surface area contributed by atoms with E-state index in [0.29, 0.717) is 47.7 Å². The van der Waals surface area contributed by atoms with Crippen molar-refractivity contribution in [1.29, 1.82) is 0 Å². The van der Waals surface area contributed by atoms with Crippen LogP contribution >= 0.6 is 15.9 Å². The normalized spacial score (nSPS) is 17.7. The van der Waals surface area contributed by atoms with Crippen molar-refractivity contribution in [2.75, 3.05) is 19.8 Å². The molecule has 0 radical (unpaired) electrons. The van der Waals surface area contributed by atoms with Gasteiger partial charge in [0, 0.05) is 11.0 Å². The molecule has 0 bridgehead atoms. The molecule has 1 heterocycles. The highest BCUT2D eigenvalue weighted by molar-refractivity contribution is 9.10. The highest BCUT2D eigenvalue weighted by Crippen LogP contribution is 2.34. The number of nitrogens with zero attached hydrogens (tertiary/aromatic N) is 1. The van der Waals surface area contributed by atoms with Gasteiger partial charge in [0.1, 0.15) is 0 Å². The van der Waals surface area contributed by atoms with Gasteiger partial charge >= 0.3 is 0 Å². The third-order valence-corrected chi connectivity index (χ3v) is 4.95. The Kier molecular flexibility index (Phi) is 7.47. The minimum absolute atomic E-state index is 0.0519. The van der Waals surface area contributed by atoms with Crippen molar-refractivity contribution in [3.05, 3.63) is 22.2 Å². The monoisotopic (exact) mass is 419 g/mol. The van der Waals surface area contributed by atoms with Gasteiger partial charge in [-0.05, 0) is 50.8 Å². The first kappa shape index (κ1) is 19.9. The predicted octanol–water partition coefficient (Wildman–Crippen LogP) is 4.44. The smallest absolute Gasteiger partial charge is 0.258 e. The van der Waals surface area contributed by atoms with E-state index in [-0.39, 0.29) is 12.3 Å². The Bertz CT molecular complexity index is 598. The van der Waals surface area contributed by atoms with Crippen LogP contribution in [0.4, 0.5) is 8.78 Å². The predicted molar refractivity (Wildman–Crippen MR) is 95.5 cm³/mol. The maximum absolute atomic E-state index is 13.2. The molecule has 0 unspecified atom stereocenters. The van der Waals surface area contributed by atoms with Crippen molar-refractivity contribution in [3.63, 3.8) is 0 Å². The SMILES string of the molecule is CCOc1cc(Br)c(CC(=O)N2CCCC[C@@H]2C(F)F)cc1OCC. The lowest BCUT2D eigenvalue weighted by atomic mass is 10.0. The Morgan fingerprint density at radius 2 is 1.88 bits per heavy atom. The Labute approximate surface area is 155 Å². The molecule has 1 fully saturated rings. The van der Waals surface area contributed by atoms with E-state index in [2.05, 4.69) is 15.9 Å².